The Balaban J connectivity index is 1.64. The second-order valence-corrected chi connectivity index (χ2v) is 6.93. The molecular formula is C17H9ClF2N4O2S. The highest BCUT2D eigenvalue weighted by atomic mass is 35.5. The van der Waals surface area contributed by atoms with Crippen LogP contribution in [0.2, 0.25) is 5.02 Å². The number of aryl methyl sites for hydroxylation is 1. The first kappa shape index (κ1) is 17.5. The van der Waals surface area contributed by atoms with E-state index < -0.39 is 23.1 Å². The Morgan fingerprint density at radius 1 is 1.22 bits per heavy atom. The maximum absolute atomic E-state index is 13.7. The highest BCUT2D eigenvalue weighted by Crippen LogP contribution is 2.36. The van der Waals surface area contributed by atoms with Crippen molar-refractivity contribution in [3.05, 3.63) is 58.8 Å². The molecule has 0 bridgehead atoms. The minimum Gasteiger partial charge on any atom is -0.441 e. The molecule has 27 heavy (non-hydrogen) atoms. The van der Waals surface area contributed by atoms with Crippen molar-refractivity contribution in [1.82, 2.24) is 15.0 Å². The van der Waals surface area contributed by atoms with E-state index in [4.69, 9.17) is 16.0 Å². The number of fused-ring (bicyclic) bond motifs is 1. The molecule has 0 aliphatic heterocycles. The second-order valence-electron chi connectivity index (χ2n) is 5.49. The third kappa shape index (κ3) is 3.26. The monoisotopic (exact) mass is 406 g/mol. The number of benzene rings is 1. The lowest BCUT2D eigenvalue weighted by molar-refractivity contribution is 0.101. The van der Waals surface area contributed by atoms with E-state index in [1.54, 1.807) is 19.1 Å². The molecule has 1 N–H and O–H groups in total. The summed E-state index contributed by atoms with van der Waals surface area (Å²) in [4.78, 5) is 23.9. The van der Waals surface area contributed by atoms with Gasteiger partial charge in [0.2, 0.25) is 0 Å². The van der Waals surface area contributed by atoms with E-state index in [-0.39, 0.29) is 0 Å². The zero-order valence-corrected chi connectivity index (χ0v) is 15.2. The van der Waals surface area contributed by atoms with Crippen molar-refractivity contribution in [2.45, 2.75) is 6.92 Å². The molecule has 0 atom stereocenters. The molecule has 0 spiro atoms. The molecule has 0 radical (unpaired) electrons. The topological polar surface area (TPSA) is 80.9 Å². The van der Waals surface area contributed by atoms with Gasteiger partial charge in [-0.05, 0) is 12.1 Å². The predicted octanol–water partition coefficient (Wildman–Crippen LogP) is 4.84. The molecule has 0 saturated carbocycles. The van der Waals surface area contributed by atoms with Crippen LogP contribution in [0, 0.1) is 18.6 Å². The normalized spacial score (nSPS) is 11.1. The lowest BCUT2D eigenvalue weighted by atomic mass is 10.2. The number of aromatic nitrogens is 3. The van der Waals surface area contributed by atoms with Crippen LogP contribution < -0.4 is 5.32 Å². The molecule has 0 aliphatic rings. The maximum Gasteiger partial charge on any atom is 0.262 e. The van der Waals surface area contributed by atoms with Gasteiger partial charge < -0.3 is 9.73 Å². The molecule has 1 amide bonds. The van der Waals surface area contributed by atoms with Gasteiger partial charge in [0.25, 0.3) is 5.91 Å². The van der Waals surface area contributed by atoms with Gasteiger partial charge >= 0.3 is 0 Å². The summed E-state index contributed by atoms with van der Waals surface area (Å²) in [6, 6.07) is 3.36. The van der Waals surface area contributed by atoms with Crippen LogP contribution in [0.1, 0.15) is 16.2 Å². The molecule has 136 valence electrons. The number of nitrogens with one attached hydrogen (secondary N) is 1. The van der Waals surface area contributed by atoms with Gasteiger partial charge in [-0.2, -0.15) is 0 Å². The molecule has 0 aliphatic carbocycles. The lowest BCUT2D eigenvalue weighted by Gasteiger charge is -2.04. The van der Waals surface area contributed by atoms with Gasteiger partial charge in [-0.25, -0.2) is 18.7 Å². The standard InChI is InChI=1S/C17H9ClF2N4O2S/c1-7-23-12-3-9(18)8(2-13(12)26-7)17-22-6-14(27-17)24-16(25)15-10(19)4-21-5-11(15)20/h2-6H,1H3,(H,24,25). The zero-order valence-electron chi connectivity index (χ0n) is 13.6. The summed E-state index contributed by atoms with van der Waals surface area (Å²) < 4.78 is 32.8. The quantitative estimate of drug-likeness (QED) is 0.526. The Morgan fingerprint density at radius 2 is 1.96 bits per heavy atom. The zero-order chi connectivity index (χ0) is 19.1. The van der Waals surface area contributed by atoms with Crippen molar-refractivity contribution in [2.75, 3.05) is 5.32 Å². The molecule has 6 nitrogen and oxygen atoms in total. The molecule has 0 unspecified atom stereocenters. The summed E-state index contributed by atoms with van der Waals surface area (Å²) in [5.41, 5.74) is 1.05. The van der Waals surface area contributed by atoms with Crippen LogP contribution in [0.3, 0.4) is 0 Å². The number of anilines is 1. The molecule has 10 heteroatoms. The van der Waals surface area contributed by atoms with Gasteiger partial charge in [-0.15, -0.1) is 0 Å². The molecule has 4 rings (SSSR count). The summed E-state index contributed by atoms with van der Waals surface area (Å²) in [5, 5.41) is 3.64. The van der Waals surface area contributed by atoms with Crippen LogP contribution in [0.15, 0.2) is 35.1 Å². The van der Waals surface area contributed by atoms with Gasteiger partial charge in [0.15, 0.2) is 23.1 Å². The van der Waals surface area contributed by atoms with Gasteiger partial charge in [0.1, 0.15) is 21.1 Å². The van der Waals surface area contributed by atoms with Crippen molar-refractivity contribution >= 4 is 44.9 Å². The van der Waals surface area contributed by atoms with Crippen molar-refractivity contribution in [3.8, 4) is 10.6 Å². The summed E-state index contributed by atoms with van der Waals surface area (Å²) >= 11 is 7.39. The van der Waals surface area contributed by atoms with Gasteiger partial charge in [-0.3, -0.25) is 9.78 Å². The lowest BCUT2D eigenvalue weighted by Crippen LogP contribution is -2.15. The van der Waals surface area contributed by atoms with Crippen LogP contribution in [-0.4, -0.2) is 20.9 Å². The summed E-state index contributed by atoms with van der Waals surface area (Å²) in [6.07, 6.45) is 2.91. The van der Waals surface area contributed by atoms with Crippen LogP contribution >= 0.6 is 22.9 Å². The van der Waals surface area contributed by atoms with Crippen LogP contribution in [-0.2, 0) is 0 Å². The van der Waals surface area contributed by atoms with Crippen molar-refractivity contribution in [3.63, 3.8) is 0 Å². The molecule has 4 aromatic rings. The number of oxazole rings is 1. The van der Waals surface area contributed by atoms with Gasteiger partial charge in [0.05, 0.1) is 23.6 Å². The van der Waals surface area contributed by atoms with E-state index in [0.29, 0.717) is 37.6 Å². The fourth-order valence-electron chi connectivity index (χ4n) is 2.49. The Labute approximate surface area is 159 Å². The van der Waals surface area contributed by atoms with Crippen molar-refractivity contribution in [2.24, 2.45) is 0 Å². The Morgan fingerprint density at radius 3 is 2.70 bits per heavy atom. The number of carbonyl (C=O) groups is 1. The number of hydrogen-bond acceptors (Lipinski definition) is 6. The number of hydrogen-bond donors (Lipinski definition) is 1. The highest BCUT2D eigenvalue weighted by molar-refractivity contribution is 7.19. The first-order valence-corrected chi connectivity index (χ1v) is 8.75. The van der Waals surface area contributed by atoms with E-state index in [9.17, 15) is 13.6 Å². The summed E-state index contributed by atoms with van der Waals surface area (Å²) in [6.45, 7) is 1.72. The third-order valence-corrected chi connectivity index (χ3v) is 4.90. The average molecular weight is 407 g/mol. The average Bonchev–Trinajstić information content (AvgIpc) is 3.19. The van der Waals surface area contributed by atoms with Crippen LogP contribution in [0.5, 0.6) is 0 Å². The van der Waals surface area contributed by atoms with E-state index in [1.165, 1.54) is 6.20 Å². The minimum atomic E-state index is -1.05. The number of pyridine rings is 1. The Hall–Kier alpha value is -2.91. The number of halogens is 3. The number of thiazole rings is 1. The van der Waals surface area contributed by atoms with Crippen LogP contribution in [0.25, 0.3) is 21.7 Å². The third-order valence-electron chi connectivity index (χ3n) is 3.64. The molecule has 3 heterocycles. The molecular weight excluding hydrogens is 398 g/mol. The second kappa shape index (κ2) is 6.67. The first-order chi connectivity index (χ1) is 12.9. The van der Waals surface area contributed by atoms with Crippen molar-refractivity contribution < 1.29 is 18.0 Å². The minimum absolute atomic E-state index is 0.301. The van der Waals surface area contributed by atoms with Crippen molar-refractivity contribution in [1.29, 1.82) is 0 Å². The Kier molecular flexibility index (Phi) is 4.33. The Bertz CT molecular complexity index is 1170. The molecule has 3 aromatic heterocycles. The summed E-state index contributed by atoms with van der Waals surface area (Å²) in [5.74, 6) is -2.53. The number of nitrogens with zero attached hydrogens (tertiary/aromatic N) is 3. The number of rotatable bonds is 3. The van der Waals surface area contributed by atoms with E-state index in [2.05, 4.69) is 20.3 Å². The van der Waals surface area contributed by atoms with E-state index in [1.807, 2.05) is 0 Å². The first-order valence-electron chi connectivity index (χ1n) is 7.55. The fraction of sp³-hybridized carbons (Fsp3) is 0.0588. The van der Waals surface area contributed by atoms with E-state index in [0.717, 1.165) is 23.7 Å². The van der Waals surface area contributed by atoms with Gasteiger partial charge in [-0.1, -0.05) is 22.9 Å². The largest absolute Gasteiger partial charge is 0.441 e. The van der Waals surface area contributed by atoms with E-state index >= 15 is 0 Å². The number of amides is 1. The smallest absolute Gasteiger partial charge is 0.262 e. The SMILES string of the molecule is Cc1nc2cc(Cl)c(-c3ncc(NC(=O)c4c(F)cncc4F)s3)cc2o1. The predicted molar refractivity (Wildman–Crippen MR) is 97.0 cm³/mol. The van der Waals surface area contributed by atoms with Gasteiger partial charge in [0, 0.05) is 12.5 Å². The fourth-order valence-corrected chi connectivity index (χ4v) is 3.63. The summed E-state index contributed by atoms with van der Waals surface area (Å²) in [7, 11) is 0. The maximum atomic E-state index is 13.7. The molecule has 0 saturated heterocycles. The molecule has 1 aromatic carbocycles. The number of carbonyl (C=O) groups excluding carboxylic acids is 1. The molecule has 0 fully saturated rings. The highest BCUT2D eigenvalue weighted by Gasteiger charge is 2.19. The van der Waals surface area contributed by atoms with Crippen LogP contribution in [0.4, 0.5) is 13.8 Å².